The Kier molecular flexibility index (Phi) is 6.39. The zero-order chi connectivity index (χ0) is 15.9. The second-order valence-corrected chi connectivity index (χ2v) is 5.61. The summed E-state index contributed by atoms with van der Waals surface area (Å²) in [5.41, 5.74) is 0.941. The summed E-state index contributed by atoms with van der Waals surface area (Å²) in [6, 6.07) is 5.71. The number of nitrogens with one attached hydrogen (secondary N) is 1. The van der Waals surface area contributed by atoms with Gasteiger partial charge in [-0.05, 0) is 57.1 Å². The van der Waals surface area contributed by atoms with Crippen molar-refractivity contribution in [3.05, 3.63) is 23.8 Å². The molecular formula is C16H24F2N2O2. The summed E-state index contributed by atoms with van der Waals surface area (Å²) in [7, 11) is 3.52. The molecule has 0 aromatic heterocycles. The molecule has 1 aliphatic heterocycles. The monoisotopic (exact) mass is 314 g/mol. The number of nitrogens with zero attached hydrogens (tertiary/aromatic N) is 1. The third-order valence-corrected chi connectivity index (χ3v) is 4.04. The molecule has 1 N–H and O–H groups in total. The van der Waals surface area contributed by atoms with Gasteiger partial charge in [0.05, 0.1) is 7.11 Å². The molecule has 0 aliphatic carbocycles. The summed E-state index contributed by atoms with van der Waals surface area (Å²) < 4.78 is 34.5. The lowest BCUT2D eigenvalue weighted by Gasteiger charge is -2.27. The molecule has 0 bridgehead atoms. The van der Waals surface area contributed by atoms with Gasteiger partial charge in [0.15, 0.2) is 11.5 Å². The van der Waals surface area contributed by atoms with Crippen LogP contribution in [0.25, 0.3) is 0 Å². The molecule has 22 heavy (non-hydrogen) atoms. The fourth-order valence-corrected chi connectivity index (χ4v) is 2.87. The minimum Gasteiger partial charge on any atom is -0.493 e. The maximum atomic E-state index is 12.5. The molecule has 1 aromatic rings. The van der Waals surface area contributed by atoms with Gasteiger partial charge in [0.1, 0.15) is 0 Å². The highest BCUT2D eigenvalue weighted by atomic mass is 19.3. The van der Waals surface area contributed by atoms with Crippen LogP contribution in [-0.4, -0.2) is 44.8 Å². The number of methoxy groups -OCH3 is 1. The van der Waals surface area contributed by atoms with Gasteiger partial charge in [-0.25, -0.2) is 0 Å². The van der Waals surface area contributed by atoms with Gasteiger partial charge in [-0.15, -0.1) is 0 Å². The summed E-state index contributed by atoms with van der Waals surface area (Å²) >= 11 is 0. The van der Waals surface area contributed by atoms with Crippen LogP contribution in [0.15, 0.2) is 18.2 Å². The Hall–Kier alpha value is -1.40. The topological polar surface area (TPSA) is 33.7 Å². The van der Waals surface area contributed by atoms with E-state index in [1.54, 1.807) is 12.1 Å². The second-order valence-electron chi connectivity index (χ2n) is 5.61. The maximum Gasteiger partial charge on any atom is 0.387 e. The van der Waals surface area contributed by atoms with Gasteiger partial charge in [-0.3, -0.25) is 4.90 Å². The van der Waals surface area contributed by atoms with E-state index in [1.807, 2.05) is 6.07 Å². The standard InChI is InChI=1S/C16H24F2N2O2/c1-20(13-4-3-8-19-9-7-13)11-12-5-6-14(21-2)15(10-12)22-16(17)18/h5-6,10,13,16,19H,3-4,7-9,11H2,1-2H3. The first-order valence-corrected chi connectivity index (χ1v) is 7.63. The molecule has 1 heterocycles. The average Bonchev–Trinajstić information content (AvgIpc) is 2.76. The van der Waals surface area contributed by atoms with E-state index in [1.165, 1.54) is 7.11 Å². The number of halogens is 2. The largest absolute Gasteiger partial charge is 0.493 e. The Labute approximate surface area is 130 Å². The SMILES string of the molecule is COc1ccc(CN(C)C2CCCNCC2)cc1OC(F)F. The zero-order valence-corrected chi connectivity index (χ0v) is 13.1. The number of benzene rings is 1. The quantitative estimate of drug-likeness (QED) is 0.875. The Bertz CT molecular complexity index is 463. The molecule has 0 radical (unpaired) electrons. The van der Waals surface area contributed by atoms with Crippen molar-refractivity contribution in [3.8, 4) is 11.5 Å². The third kappa shape index (κ3) is 4.81. The van der Waals surface area contributed by atoms with Crippen molar-refractivity contribution in [1.29, 1.82) is 0 Å². The molecular weight excluding hydrogens is 290 g/mol. The molecule has 1 aromatic carbocycles. The normalized spacial score (nSPS) is 19.3. The van der Waals surface area contributed by atoms with Gasteiger partial charge < -0.3 is 14.8 Å². The van der Waals surface area contributed by atoms with Crippen LogP contribution in [0.5, 0.6) is 11.5 Å². The fourth-order valence-electron chi connectivity index (χ4n) is 2.87. The van der Waals surface area contributed by atoms with E-state index >= 15 is 0 Å². The van der Waals surface area contributed by atoms with Crippen molar-refractivity contribution in [2.24, 2.45) is 0 Å². The van der Waals surface area contributed by atoms with Gasteiger partial charge >= 0.3 is 6.61 Å². The number of hydrogen-bond acceptors (Lipinski definition) is 4. The highest BCUT2D eigenvalue weighted by Crippen LogP contribution is 2.30. The summed E-state index contributed by atoms with van der Waals surface area (Å²) in [6.07, 6.45) is 3.42. The van der Waals surface area contributed by atoms with E-state index in [-0.39, 0.29) is 5.75 Å². The van der Waals surface area contributed by atoms with Gasteiger partial charge in [-0.1, -0.05) is 6.07 Å². The first-order chi connectivity index (χ1) is 10.6. The molecule has 1 atom stereocenters. The van der Waals surface area contributed by atoms with Crippen molar-refractivity contribution >= 4 is 0 Å². The summed E-state index contributed by atoms with van der Waals surface area (Å²) in [4.78, 5) is 2.28. The van der Waals surface area contributed by atoms with Crippen LogP contribution in [0.1, 0.15) is 24.8 Å². The molecule has 6 heteroatoms. The third-order valence-electron chi connectivity index (χ3n) is 4.04. The first-order valence-electron chi connectivity index (χ1n) is 7.63. The zero-order valence-electron chi connectivity index (χ0n) is 13.1. The molecule has 0 saturated carbocycles. The van der Waals surface area contributed by atoms with Crippen LogP contribution >= 0.6 is 0 Å². The number of alkyl halides is 2. The summed E-state index contributed by atoms with van der Waals surface area (Å²) in [5, 5.41) is 3.40. The second kappa shape index (κ2) is 8.29. The van der Waals surface area contributed by atoms with E-state index in [0.717, 1.165) is 37.9 Å². The van der Waals surface area contributed by atoms with Crippen LogP contribution in [0.2, 0.25) is 0 Å². The van der Waals surface area contributed by atoms with Gasteiger partial charge in [-0.2, -0.15) is 8.78 Å². The first kappa shape index (κ1) is 17.0. The van der Waals surface area contributed by atoms with Crippen molar-refractivity contribution < 1.29 is 18.3 Å². The minimum absolute atomic E-state index is 0.0888. The Morgan fingerprint density at radius 1 is 1.27 bits per heavy atom. The lowest BCUT2D eigenvalue weighted by molar-refractivity contribution is -0.0512. The lowest BCUT2D eigenvalue weighted by atomic mass is 10.1. The van der Waals surface area contributed by atoms with Crippen LogP contribution in [-0.2, 0) is 6.54 Å². The Morgan fingerprint density at radius 3 is 2.82 bits per heavy atom. The average molecular weight is 314 g/mol. The molecule has 1 unspecified atom stereocenters. The lowest BCUT2D eigenvalue weighted by Crippen LogP contribution is -2.32. The van der Waals surface area contributed by atoms with Crippen molar-refractivity contribution in [3.63, 3.8) is 0 Å². The van der Waals surface area contributed by atoms with E-state index in [4.69, 9.17) is 4.74 Å². The molecule has 1 saturated heterocycles. The molecule has 2 rings (SSSR count). The number of hydrogen-bond donors (Lipinski definition) is 1. The number of ether oxygens (including phenoxy) is 2. The van der Waals surface area contributed by atoms with E-state index < -0.39 is 6.61 Å². The van der Waals surface area contributed by atoms with Crippen LogP contribution in [0.4, 0.5) is 8.78 Å². The highest BCUT2D eigenvalue weighted by molar-refractivity contribution is 5.43. The summed E-state index contributed by atoms with van der Waals surface area (Å²) in [6.45, 7) is -0.0555. The predicted molar refractivity (Wildman–Crippen MR) is 81.6 cm³/mol. The van der Waals surface area contributed by atoms with E-state index in [9.17, 15) is 8.78 Å². The molecule has 0 spiro atoms. The molecule has 124 valence electrons. The molecule has 4 nitrogen and oxygen atoms in total. The molecule has 1 fully saturated rings. The Balaban J connectivity index is 2.04. The summed E-state index contributed by atoms with van der Waals surface area (Å²) in [5.74, 6) is 0.413. The van der Waals surface area contributed by atoms with Crippen molar-refractivity contribution in [2.75, 3.05) is 27.2 Å². The highest BCUT2D eigenvalue weighted by Gasteiger charge is 2.18. The fraction of sp³-hybridized carbons (Fsp3) is 0.625. The maximum absolute atomic E-state index is 12.5. The smallest absolute Gasteiger partial charge is 0.387 e. The Morgan fingerprint density at radius 2 is 2.09 bits per heavy atom. The van der Waals surface area contributed by atoms with Crippen LogP contribution < -0.4 is 14.8 Å². The van der Waals surface area contributed by atoms with Gasteiger partial charge in [0, 0.05) is 12.6 Å². The van der Waals surface area contributed by atoms with Crippen LogP contribution in [0.3, 0.4) is 0 Å². The van der Waals surface area contributed by atoms with Crippen LogP contribution in [0, 0.1) is 0 Å². The van der Waals surface area contributed by atoms with Gasteiger partial charge in [0.25, 0.3) is 0 Å². The van der Waals surface area contributed by atoms with Crippen molar-refractivity contribution in [1.82, 2.24) is 10.2 Å². The van der Waals surface area contributed by atoms with Gasteiger partial charge in [0.2, 0.25) is 0 Å². The van der Waals surface area contributed by atoms with E-state index in [2.05, 4.69) is 22.0 Å². The minimum atomic E-state index is -2.85. The van der Waals surface area contributed by atoms with Crippen molar-refractivity contribution in [2.45, 2.75) is 38.5 Å². The molecule has 1 aliphatic rings. The molecule has 0 amide bonds. The number of rotatable bonds is 6. The van der Waals surface area contributed by atoms with E-state index in [0.29, 0.717) is 18.3 Å². The predicted octanol–water partition coefficient (Wildman–Crippen LogP) is 2.87.